The molecule has 0 saturated heterocycles. The van der Waals surface area contributed by atoms with Crippen LogP contribution in [0.3, 0.4) is 0 Å². The number of carbonyl (C=O) groups is 2. The maximum absolute atomic E-state index is 12.4. The summed E-state index contributed by atoms with van der Waals surface area (Å²) >= 11 is 1.14. The molecule has 0 saturated carbocycles. The van der Waals surface area contributed by atoms with Crippen LogP contribution < -0.4 is 14.8 Å². The predicted octanol–water partition coefficient (Wildman–Crippen LogP) is 2.70. The number of amides is 1. The Bertz CT molecular complexity index is 742. The zero-order valence-corrected chi connectivity index (χ0v) is 13.4. The Labute approximate surface area is 137 Å². The van der Waals surface area contributed by atoms with Crippen LogP contribution in [-0.4, -0.2) is 31.2 Å². The smallest absolute Gasteiger partial charge is 0.348 e. The van der Waals surface area contributed by atoms with Crippen LogP contribution in [0.5, 0.6) is 11.5 Å². The second-order valence-corrected chi connectivity index (χ2v) is 6.04. The first kappa shape index (κ1) is 15.4. The van der Waals surface area contributed by atoms with Crippen molar-refractivity contribution >= 4 is 28.2 Å². The third kappa shape index (κ3) is 3.14. The lowest BCUT2D eigenvalue weighted by Gasteiger charge is -2.30. The van der Waals surface area contributed by atoms with Crippen LogP contribution in [0, 0.1) is 0 Å². The second-order valence-electron chi connectivity index (χ2n) is 4.95. The molecule has 1 aliphatic rings. The Kier molecular flexibility index (Phi) is 4.20. The lowest BCUT2D eigenvalue weighted by molar-refractivity contribution is -0.127. The molecule has 1 aliphatic heterocycles. The van der Waals surface area contributed by atoms with E-state index in [1.165, 1.54) is 7.11 Å². The summed E-state index contributed by atoms with van der Waals surface area (Å²) < 4.78 is 16.1. The quantitative estimate of drug-likeness (QED) is 0.874. The van der Waals surface area contributed by atoms with Gasteiger partial charge in [-0.3, -0.25) is 4.79 Å². The number of ether oxygens (including phenoxy) is 3. The van der Waals surface area contributed by atoms with Crippen molar-refractivity contribution in [3.8, 4) is 11.5 Å². The van der Waals surface area contributed by atoms with E-state index in [1.54, 1.807) is 31.2 Å². The van der Waals surface area contributed by atoms with E-state index in [0.717, 1.165) is 11.3 Å². The molecule has 7 heteroatoms. The molecule has 2 heterocycles. The Morgan fingerprint density at radius 3 is 2.52 bits per heavy atom. The fourth-order valence-corrected chi connectivity index (χ4v) is 3.04. The topological polar surface area (TPSA) is 73.9 Å². The van der Waals surface area contributed by atoms with E-state index in [0.29, 0.717) is 21.4 Å². The van der Waals surface area contributed by atoms with Crippen LogP contribution >= 0.6 is 11.3 Å². The summed E-state index contributed by atoms with van der Waals surface area (Å²) in [6, 6.07) is 10.5. The molecular weight excluding hydrogens is 318 g/mol. The Balaban J connectivity index is 1.71. The van der Waals surface area contributed by atoms with E-state index in [2.05, 4.69) is 10.1 Å². The number of benzene rings is 1. The number of carbonyl (C=O) groups excluding carboxylic acids is 2. The van der Waals surface area contributed by atoms with Gasteiger partial charge < -0.3 is 19.5 Å². The summed E-state index contributed by atoms with van der Waals surface area (Å²) in [5.74, 6) is 0.389. The first-order chi connectivity index (χ1) is 11.1. The number of hydrogen-bond acceptors (Lipinski definition) is 6. The second kappa shape index (κ2) is 6.29. The van der Waals surface area contributed by atoms with Gasteiger partial charge in [-0.25, -0.2) is 4.79 Å². The van der Waals surface area contributed by atoms with Crippen LogP contribution in [0.2, 0.25) is 0 Å². The van der Waals surface area contributed by atoms with Crippen LogP contribution in [0.25, 0.3) is 0 Å². The standard InChI is InChI=1S/C16H15NO5S/c1-9-14(22-11-6-4-3-5-10(11)21-9)15(18)17-13-8-7-12(23-13)16(19)20-2/h3-9,14H,1-2H3,(H,17,18). The van der Waals surface area contributed by atoms with Crippen molar-refractivity contribution < 1.29 is 23.8 Å². The number of fused-ring (bicyclic) bond motifs is 1. The fourth-order valence-electron chi connectivity index (χ4n) is 2.21. The zero-order chi connectivity index (χ0) is 16.4. The number of methoxy groups -OCH3 is 1. The van der Waals surface area contributed by atoms with Gasteiger partial charge in [0, 0.05) is 0 Å². The average molecular weight is 333 g/mol. The maximum Gasteiger partial charge on any atom is 0.348 e. The van der Waals surface area contributed by atoms with Crippen LogP contribution in [-0.2, 0) is 9.53 Å². The number of nitrogens with one attached hydrogen (secondary N) is 1. The van der Waals surface area contributed by atoms with Gasteiger partial charge in [-0.05, 0) is 31.2 Å². The molecular formula is C16H15NO5S. The summed E-state index contributed by atoms with van der Waals surface area (Å²) in [4.78, 5) is 24.3. The summed E-state index contributed by atoms with van der Waals surface area (Å²) in [5.41, 5.74) is 0. The van der Waals surface area contributed by atoms with Crippen molar-refractivity contribution in [3.63, 3.8) is 0 Å². The third-order valence-corrected chi connectivity index (χ3v) is 4.32. The largest absolute Gasteiger partial charge is 0.482 e. The average Bonchev–Trinajstić information content (AvgIpc) is 3.01. The van der Waals surface area contributed by atoms with Crippen molar-refractivity contribution in [2.75, 3.05) is 12.4 Å². The molecule has 1 aromatic heterocycles. The Morgan fingerprint density at radius 1 is 1.13 bits per heavy atom. The van der Waals surface area contributed by atoms with E-state index < -0.39 is 18.2 Å². The van der Waals surface area contributed by atoms with Crippen LogP contribution in [0.15, 0.2) is 36.4 Å². The molecule has 0 bridgehead atoms. The minimum Gasteiger partial charge on any atom is -0.482 e. The molecule has 120 valence electrons. The predicted molar refractivity (Wildman–Crippen MR) is 85.2 cm³/mol. The number of rotatable bonds is 3. The number of hydrogen-bond donors (Lipinski definition) is 1. The van der Waals surface area contributed by atoms with Gasteiger partial charge in [0.1, 0.15) is 11.0 Å². The highest BCUT2D eigenvalue weighted by Crippen LogP contribution is 2.34. The van der Waals surface area contributed by atoms with E-state index in [-0.39, 0.29) is 5.91 Å². The van der Waals surface area contributed by atoms with Gasteiger partial charge in [0.15, 0.2) is 11.5 Å². The summed E-state index contributed by atoms with van der Waals surface area (Å²) in [6.07, 6.45) is -1.20. The molecule has 3 rings (SSSR count). The van der Waals surface area contributed by atoms with Crippen molar-refractivity contribution in [1.82, 2.24) is 0 Å². The van der Waals surface area contributed by atoms with Gasteiger partial charge in [0.05, 0.1) is 12.1 Å². The molecule has 0 aliphatic carbocycles. The monoisotopic (exact) mass is 333 g/mol. The summed E-state index contributed by atoms with van der Waals surface area (Å²) in [5, 5.41) is 3.29. The molecule has 2 aromatic rings. The van der Waals surface area contributed by atoms with Crippen molar-refractivity contribution in [2.45, 2.75) is 19.1 Å². The SMILES string of the molecule is COC(=O)c1ccc(NC(=O)C2Oc3ccccc3OC2C)s1. The third-order valence-electron chi connectivity index (χ3n) is 3.34. The van der Waals surface area contributed by atoms with Crippen molar-refractivity contribution in [2.24, 2.45) is 0 Å². The highest BCUT2D eigenvalue weighted by molar-refractivity contribution is 7.18. The molecule has 2 atom stereocenters. The minimum absolute atomic E-state index is 0.328. The Morgan fingerprint density at radius 2 is 1.83 bits per heavy atom. The maximum atomic E-state index is 12.4. The molecule has 0 fully saturated rings. The van der Waals surface area contributed by atoms with Crippen LogP contribution in [0.1, 0.15) is 16.6 Å². The van der Waals surface area contributed by atoms with Gasteiger partial charge in [-0.1, -0.05) is 12.1 Å². The first-order valence-corrected chi connectivity index (χ1v) is 7.81. The highest BCUT2D eigenvalue weighted by atomic mass is 32.1. The van der Waals surface area contributed by atoms with Gasteiger partial charge >= 0.3 is 5.97 Å². The lowest BCUT2D eigenvalue weighted by atomic mass is 10.1. The lowest BCUT2D eigenvalue weighted by Crippen LogP contribution is -2.46. The summed E-state index contributed by atoms with van der Waals surface area (Å²) in [6.45, 7) is 1.77. The molecule has 1 aromatic carbocycles. The molecule has 2 unspecified atom stereocenters. The number of esters is 1. The minimum atomic E-state index is -0.770. The van der Waals surface area contributed by atoms with E-state index in [4.69, 9.17) is 9.47 Å². The summed E-state index contributed by atoms with van der Waals surface area (Å²) in [7, 11) is 1.31. The van der Waals surface area contributed by atoms with Gasteiger partial charge in [0.25, 0.3) is 5.91 Å². The van der Waals surface area contributed by atoms with Crippen LogP contribution in [0.4, 0.5) is 5.00 Å². The van der Waals surface area contributed by atoms with E-state index in [9.17, 15) is 9.59 Å². The molecule has 6 nitrogen and oxygen atoms in total. The van der Waals surface area contributed by atoms with Crippen molar-refractivity contribution in [3.05, 3.63) is 41.3 Å². The zero-order valence-electron chi connectivity index (χ0n) is 12.6. The van der Waals surface area contributed by atoms with E-state index >= 15 is 0 Å². The van der Waals surface area contributed by atoms with E-state index in [1.807, 2.05) is 12.1 Å². The fraction of sp³-hybridized carbons (Fsp3) is 0.250. The molecule has 0 spiro atoms. The number of para-hydroxylation sites is 2. The van der Waals surface area contributed by atoms with Crippen molar-refractivity contribution in [1.29, 1.82) is 0 Å². The number of thiophene rings is 1. The molecule has 0 radical (unpaired) electrons. The van der Waals surface area contributed by atoms with Gasteiger partial charge in [-0.15, -0.1) is 11.3 Å². The number of anilines is 1. The van der Waals surface area contributed by atoms with Gasteiger partial charge in [0.2, 0.25) is 6.10 Å². The first-order valence-electron chi connectivity index (χ1n) is 7.00. The Hall–Kier alpha value is -2.54. The molecule has 23 heavy (non-hydrogen) atoms. The van der Waals surface area contributed by atoms with Gasteiger partial charge in [-0.2, -0.15) is 0 Å². The normalized spacial score (nSPS) is 19.0. The highest BCUT2D eigenvalue weighted by Gasteiger charge is 2.34. The molecule has 1 amide bonds. The molecule has 1 N–H and O–H groups in total.